The molecule has 2 nitrogen and oxygen atoms in total. The van der Waals surface area contributed by atoms with Gasteiger partial charge in [-0.3, -0.25) is 9.00 Å². The van der Waals surface area contributed by atoms with Crippen molar-refractivity contribution in [3.63, 3.8) is 0 Å². The van der Waals surface area contributed by atoms with E-state index >= 15 is 0 Å². The number of ketones is 1. The third-order valence-corrected chi connectivity index (χ3v) is 6.98. The lowest BCUT2D eigenvalue weighted by Gasteiger charge is -2.34. The van der Waals surface area contributed by atoms with E-state index in [2.05, 4.69) is 0 Å². The average Bonchev–Trinajstić information content (AvgIpc) is 2.39. The van der Waals surface area contributed by atoms with Gasteiger partial charge in [0.15, 0.2) is 9.86 Å². The van der Waals surface area contributed by atoms with Gasteiger partial charge in [0.05, 0.1) is 0 Å². The number of Topliss-reactive ketones (excluding diaryl/α,β-unsaturated/α-hetero) is 1. The van der Waals surface area contributed by atoms with Crippen molar-refractivity contribution in [1.29, 1.82) is 0 Å². The molecule has 1 aromatic rings. The first-order valence-electron chi connectivity index (χ1n) is 5.83. The second-order valence-corrected chi connectivity index (χ2v) is 7.29. The fourth-order valence-corrected chi connectivity index (χ4v) is 5.97. The fourth-order valence-electron chi connectivity index (χ4n) is 2.09. The van der Waals surface area contributed by atoms with E-state index in [9.17, 15) is 9.00 Å². The van der Waals surface area contributed by atoms with Crippen LogP contribution in [0.4, 0.5) is 0 Å². The molecule has 0 unspecified atom stereocenters. The maximum absolute atomic E-state index is 12.4. The normalized spacial score (nSPS) is 28.9. The Morgan fingerprint density at radius 2 is 2.12 bits per heavy atom. The third-order valence-electron chi connectivity index (χ3n) is 2.94. The first-order valence-corrected chi connectivity index (χ1v) is 8.13. The summed E-state index contributed by atoms with van der Waals surface area (Å²) in [4.78, 5) is 12.3. The molecule has 2 rings (SSSR count). The number of hydrogen-bond acceptors (Lipinski definition) is 3. The molecule has 0 N–H and O–H groups in total. The predicted molar refractivity (Wildman–Crippen MR) is 73.5 cm³/mol. The lowest BCUT2D eigenvalue weighted by molar-refractivity contribution is -0.119. The van der Waals surface area contributed by atoms with E-state index in [1.165, 1.54) is 0 Å². The van der Waals surface area contributed by atoms with E-state index in [1.54, 1.807) is 11.8 Å². The van der Waals surface area contributed by atoms with Gasteiger partial charge in [0.25, 0.3) is 0 Å². The predicted octanol–water partition coefficient (Wildman–Crippen LogP) is 2.70. The van der Waals surface area contributed by atoms with E-state index in [4.69, 9.17) is 0 Å². The van der Waals surface area contributed by atoms with Crippen LogP contribution in [0.1, 0.15) is 25.3 Å². The topological polar surface area (TPSA) is 34.1 Å². The largest absolute Gasteiger partial charge is 0.297 e. The molecule has 0 radical (unpaired) electrons. The van der Waals surface area contributed by atoms with Crippen molar-refractivity contribution in [3.8, 4) is 0 Å². The fraction of sp³-hybridized carbons (Fsp3) is 0.462. The van der Waals surface area contributed by atoms with Gasteiger partial charge in [0.2, 0.25) is 0 Å². The summed E-state index contributed by atoms with van der Waals surface area (Å²) < 4.78 is 11.6. The van der Waals surface area contributed by atoms with Gasteiger partial charge in [-0.2, -0.15) is 0 Å². The molecule has 2 atom stereocenters. The summed E-state index contributed by atoms with van der Waals surface area (Å²) in [5.74, 6) is 1.63. The second kappa shape index (κ2) is 5.36. The molecule has 1 aliphatic heterocycles. The second-order valence-electron chi connectivity index (χ2n) is 4.01. The SMILES string of the molecule is CCC(=O)[C@]1(c2ccccc2)SCCC[S@@]1=O. The Labute approximate surface area is 109 Å². The molecule has 1 heterocycles. The average molecular weight is 268 g/mol. The Kier molecular flexibility index (Phi) is 4.05. The van der Waals surface area contributed by atoms with Crippen molar-refractivity contribution in [1.82, 2.24) is 0 Å². The number of benzene rings is 1. The molecule has 17 heavy (non-hydrogen) atoms. The molecule has 0 bridgehead atoms. The number of rotatable bonds is 3. The van der Waals surface area contributed by atoms with Crippen molar-refractivity contribution < 1.29 is 9.00 Å². The summed E-state index contributed by atoms with van der Waals surface area (Å²) in [6.07, 6.45) is 1.37. The third kappa shape index (κ3) is 2.20. The smallest absolute Gasteiger partial charge is 0.174 e. The van der Waals surface area contributed by atoms with Gasteiger partial charge < -0.3 is 0 Å². The van der Waals surface area contributed by atoms with Gasteiger partial charge in [-0.15, -0.1) is 11.8 Å². The zero-order valence-electron chi connectivity index (χ0n) is 9.85. The minimum absolute atomic E-state index is 0.0896. The number of thioether (sulfide) groups is 1. The van der Waals surface area contributed by atoms with Crippen molar-refractivity contribution >= 4 is 28.3 Å². The minimum Gasteiger partial charge on any atom is -0.297 e. The van der Waals surface area contributed by atoms with Gasteiger partial charge in [-0.1, -0.05) is 37.3 Å². The summed E-state index contributed by atoms with van der Waals surface area (Å²) in [6, 6.07) is 9.58. The lowest BCUT2D eigenvalue weighted by Crippen LogP contribution is -2.41. The van der Waals surface area contributed by atoms with Crippen LogP contribution in [-0.2, 0) is 19.7 Å². The molecule has 0 aromatic heterocycles. The number of hydrogen-bond donors (Lipinski definition) is 0. The molecule has 1 aromatic carbocycles. The maximum Gasteiger partial charge on any atom is 0.174 e. The molecule has 1 saturated heterocycles. The molecule has 1 fully saturated rings. The standard InChI is InChI=1S/C13H16O2S2/c1-2-12(14)13(11-7-4-3-5-8-11)16-9-6-10-17(13)15/h3-5,7-8H,2,6,9-10H2,1H3/t13-,17+/m1/s1. The molecule has 0 spiro atoms. The van der Waals surface area contributed by atoms with Gasteiger partial charge in [0.1, 0.15) is 0 Å². The van der Waals surface area contributed by atoms with Crippen LogP contribution in [0.3, 0.4) is 0 Å². The Hall–Kier alpha value is -0.610. The molecular formula is C13H16O2S2. The molecule has 4 heteroatoms. The van der Waals surface area contributed by atoms with Crippen LogP contribution in [0.15, 0.2) is 30.3 Å². The molecule has 1 aliphatic rings. The Bertz CT molecular complexity index is 420. The molecule has 92 valence electrons. The van der Waals surface area contributed by atoms with Crippen LogP contribution >= 0.6 is 11.8 Å². The summed E-state index contributed by atoms with van der Waals surface area (Å²) in [6.45, 7) is 1.85. The van der Waals surface area contributed by atoms with Crippen molar-refractivity contribution in [2.45, 2.75) is 23.8 Å². The lowest BCUT2D eigenvalue weighted by atomic mass is 10.1. The van der Waals surface area contributed by atoms with Gasteiger partial charge in [-0.25, -0.2) is 0 Å². The Morgan fingerprint density at radius 1 is 1.41 bits per heavy atom. The highest BCUT2D eigenvalue weighted by molar-refractivity contribution is 8.13. The van der Waals surface area contributed by atoms with Crippen molar-refractivity contribution in [2.75, 3.05) is 11.5 Å². The van der Waals surface area contributed by atoms with Crippen LogP contribution in [0, 0.1) is 0 Å². The summed E-state index contributed by atoms with van der Waals surface area (Å²) >= 11 is 1.55. The van der Waals surface area contributed by atoms with Gasteiger partial charge in [-0.05, 0) is 17.7 Å². The highest BCUT2D eigenvalue weighted by atomic mass is 32.2. The minimum atomic E-state index is -1.10. The van der Waals surface area contributed by atoms with Crippen molar-refractivity contribution in [3.05, 3.63) is 35.9 Å². The zero-order chi connectivity index (χ0) is 12.3. The van der Waals surface area contributed by atoms with Crippen LogP contribution < -0.4 is 0 Å². The molecule has 0 aliphatic carbocycles. The molecule has 0 amide bonds. The Balaban J connectivity index is 2.50. The van der Waals surface area contributed by atoms with Crippen LogP contribution in [0.25, 0.3) is 0 Å². The number of carbonyl (C=O) groups excluding carboxylic acids is 1. The van der Waals surface area contributed by atoms with Crippen LogP contribution in [0.5, 0.6) is 0 Å². The van der Waals surface area contributed by atoms with Crippen LogP contribution in [0.2, 0.25) is 0 Å². The monoisotopic (exact) mass is 268 g/mol. The number of carbonyl (C=O) groups is 1. The summed E-state index contributed by atoms with van der Waals surface area (Å²) in [5, 5.41) is 0. The van der Waals surface area contributed by atoms with Gasteiger partial charge >= 0.3 is 0 Å². The first-order chi connectivity index (χ1) is 8.21. The Morgan fingerprint density at radius 3 is 2.71 bits per heavy atom. The highest BCUT2D eigenvalue weighted by Gasteiger charge is 2.46. The quantitative estimate of drug-likeness (QED) is 0.845. The van der Waals surface area contributed by atoms with E-state index < -0.39 is 14.9 Å². The molecule has 0 saturated carbocycles. The van der Waals surface area contributed by atoms with E-state index in [0.717, 1.165) is 17.7 Å². The van der Waals surface area contributed by atoms with E-state index in [1.807, 2.05) is 37.3 Å². The van der Waals surface area contributed by atoms with Crippen molar-refractivity contribution in [2.24, 2.45) is 0 Å². The van der Waals surface area contributed by atoms with Crippen LogP contribution in [-0.4, -0.2) is 21.5 Å². The summed E-state index contributed by atoms with van der Waals surface area (Å²) in [5.41, 5.74) is 0.898. The van der Waals surface area contributed by atoms with E-state index in [0.29, 0.717) is 12.2 Å². The summed E-state index contributed by atoms with van der Waals surface area (Å²) in [7, 11) is -1.10. The first kappa shape index (κ1) is 12.8. The zero-order valence-corrected chi connectivity index (χ0v) is 11.5. The highest BCUT2D eigenvalue weighted by Crippen LogP contribution is 2.45. The van der Waals surface area contributed by atoms with Gasteiger partial charge in [0, 0.05) is 23.0 Å². The molecular weight excluding hydrogens is 252 g/mol. The maximum atomic E-state index is 12.4. The van der Waals surface area contributed by atoms with E-state index in [-0.39, 0.29) is 5.78 Å².